The van der Waals surface area contributed by atoms with E-state index in [0.29, 0.717) is 23.5 Å². The molecule has 0 saturated carbocycles. The van der Waals surface area contributed by atoms with Gasteiger partial charge in [-0.2, -0.15) is 5.10 Å². The van der Waals surface area contributed by atoms with Crippen LogP contribution in [0.25, 0.3) is 0 Å². The number of benzene rings is 2. The second-order valence-corrected chi connectivity index (χ2v) is 6.73. The van der Waals surface area contributed by atoms with Crippen molar-refractivity contribution in [1.29, 1.82) is 0 Å². The van der Waals surface area contributed by atoms with Crippen LogP contribution in [0.5, 0.6) is 11.5 Å². The number of rotatable bonds is 9. The molecule has 0 aliphatic rings. The van der Waals surface area contributed by atoms with Gasteiger partial charge in [0.2, 0.25) is 5.91 Å². The summed E-state index contributed by atoms with van der Waals surface area (Å²) >= 11 is 0. The summed E-state index contributed by atoms with van der Waals surface area (Å²) in [5, 5.41) is 12.5. The highest BCUT2D eigenvalue weighted by Gasteiger charge is 2.10. The predicted molar refractivity (Wildman–Crippen MR) is 119 cm³/mol. The first-order valence-corrected chi connectivity index (χ1v) is 9.62. The fourth-order valence-electron chi connectivity index (χ4n) is 2.96. The minimum Gasteiger partial charge on any atom is -0.497 e. The molecule has 2 aromatic carbocycles. The van der Waals surface area contributed by atoms with Crippen molar-refractivity contribution in [3.05, 3.63) is 78.0 Å². The Bertz CT molecular complexity index is 1070. The number of hydrogen-bond donors (Lipinski definition) is 3. The zero-order valence-electron chi connectivity index (χ0n) is 17.4. The number of hydrogen-bond acceptors (Lipinski definition) is 5. The number of aryl methyl sites for hydroxylation is 2. The molecule has 2 amide bonds. The van der Waals surface area contributed by atoms with E-state index in [0.717, 1.165) is 29.2 Å². The molecule has 8 heteroatoms. The summed E-state index contributed by atoms with van der Waals surface area (Å²) in [7, 11) is 3.23. The van der Waals surface area contributed by atoms with Crippen molar-refractivity contribution in [2.75, 3.05) is 24.9 Å². The summed E-state index contributed by atoms with van der Waals surface area (Å²) in [5.74, 6) is 1.22. The highest BCUT2D eigenvalue weighted by atomic mass is 16.5. The van der Waals surface area contributed by atoms with E-state index in [4.69, 9.17) is 9.47 Å². The maximum Gasteiger partial charge on any atom is 0.256 e. The van der Waals surface area contributed by atoms with Gasteiger partial charge in [0.1, 0.15) is 11.5 Å². The lowest BCUT2D eigenvalue weighted by Gasteiger charge is -2.08. The average Bonchev–Trinajstić information content (AvgIpc) is 3.24. The Morgan fingerprint density at radius 2 is 1.77 bits per heavy atom. The summed E-state index contributed by atoms with van der Waals surface area (Å²) in [5.41, 5.74) is 2.85. The van der Waals surface area contributed by atoms with Crippen molar-refractivity contribution in [3.63, 3.8) is 0 Å². The molecule has 0 bridgehead atoms. The van der Waals surface area contributed by atoms with E-state index >= 15 is 0 Å². The molecule has 3 N–H and O–H groups in total. The number of methoxy groups -OCH3 is 2. The van der Waals surface area contributed by atoms with Gasteiger partial charge in [-0.1, -0.05) is 12.6 Å². The monoisotopic (exact) mass is 420 g/mol. The van der Waals surface area contributed by atoms with E-state index in [2.05, 4.69) is 27.4 Å². The van der Waals surface area contributed by atoms with Crippen LogP contribution in [-0.2, 0) is 17.6 Å². The van der Waals surface area contributed by atoms with Gasteiger partial charge in [-0.3, -0.25) is 14.7 Å². The van der Waals surface area contributed by atoms with Crippen molar-refractivity contribution in [2.45, 2.75) is 12.8 Å². The summed E-state index contributed by atoms with van der Waals surface area (Å²) in [6, 6.07) is 14.1. The molecule has 8 nitrogen and oxygen atoms in total. The van der Waals surface area contributed by atoms with Gasteiger partial charge < -0.3 is 20.1 Å². The molecular formula is C23H24N4O4. The maximum absolute atomic E-state index is 12.5. The molecule has 0 aliphatic heterocycles. The van der Waals surface area contributed by atoms with Crippen LogP contribution in [0.4, 0.5) is 11.5 Å². The SMILES string of the molecule is C=CC(=O)Nc1cccc(C(=O)Nc2cc(CCc3cc(OC)cc(OC)c3)[nH]n2)c1. The van der Waals surface area contributed by atoms with E-state index in [9.17, 15) is 9.59 Å². The lowest BCUT2D eigenvalue weighted by molar-refractivity contribution is -0.111. The molecule has 31 heavy (non-hydrogen) atoms. The topological polar surface area (TPSA) is 105 Å². The molecule has 160 valence electrons. The Morgan fingerprint density at radius 3 is 2.45 bits per heavy atom. The third-order valence-electron chi connectivity index (χ3n) is 4.54. The van der Waals surface area contributed by atoms with Crippen LogP contribution in [0.15, 0.2) is 61.2 Å². The first-order valence-electron chi connectivity index (χ1n) is 9.62. The Morgan fingerprint density at radius 1 is 1.03 bits per heavy atom. The fourth-order valence-corrected chi connectivity index (χ4v) is 2.96. The number of nitrogens with zero attached hydrogens (tertiary/aromatic N) is 1. The highest BCUT2D eigenvalue weighted by molar-refractivity contribution is 6.05. The minimum atomic E-state index is -0.344. The predicted octanol–water partition coefficient (Wildman–Crippen LogP) is 3.59. The van der Waals surface area contributed by atoms with Gasteiger partial charge in [0, 0.05) is 29.1 Å². The molecule has 0 fully saturated rings. The zero-order valence-corrected chi connectivity index (χ0v) is 17.4. The minimum absolute atomic E-state index is 0.328. The Hall–Kier alpha value is -4.07. The van der Waals surface area contributed by atoms with Crippen LogP contribution in [0.3, 0.4) is 0 Å². The number of ether oxygens (including phenoxy) is 2. The molecule has 0 unspecified atom stereocenters. The fraction of sp³-hybridized carbons (Fsp3) is 0.174. The summed E-state index contributed by atoms with van der Waals surface area (Å²) < 4.78 is 10.6. The maximum atomic E-state index is 12.5. The van der Waals surface area contributed by atoms with Gasteiger partial charge >= 0.3 is 0 Å². The number of carbonyl (C=O) groups excluding carboxylic acids is 2. The van der Waals surface area contributed by atoms with E-state index < -0.39 is 0 Å². The first-order chi connectivity index (χ1) is 15.0. The van der Waals surface area contributed by atoms with Crippen molar-refractivity contribution >= 4 is 23.3 Å². The number of carbonyl (C=O) groups is 2. The lowest BCUT2D eigenvalue weighted by Crippen LogP contribution is -2.13. The van der Waals surface area contributed by atoms with Crippen molar-refractivity contribution in [1.82, 2.24) is 10.2 Å². The molecule has 0 atom stereocenters. The van der Waals surface area contributed by atoms with Crippen LogP contribution >= 0.6 is 0 Å². The van der Waals surface area contributed by atoms with Crippen LogP contribution in [-0.4, -0.2) is 36.2 Å². The van der Waals surface area contributed by atoms with E-state index in [1.54, 1.807) is 44.6 Å². The summed E-state index contributed by atoms with van der Waals surface area (Å²) in [6.07, 6.45) is 2.61. The second-order valence-electron chi connectivity index (χ2n) is 6.73. The quantitative estimate of drug-likeness (QED) is 0.459. The number of H-pyrrole nitrogens is 1. The van der Waals surface area contributed by atoms with Gasteiger partial charge in [-0.15, -0.1) is 0 Å². The standard InChI is InChI=1S/C23H24N4O4/c1-4-22(28)24-17-7-5-6-16(12-17)23(29)25-21-13-18(26-27-21)9-8-15-10-19(30-2)14-20(11-15)31-3/h4-7,10-14H,1,8-9H2,2-3H3,(H,24,28)(H2,25,26,27,29). The van der Waals surface area contributed by atoms with Crippen LogP contribution in [0, 0.1) is 0 Å². The number of aromatic amines is 1. The normalized spacial score (nSPS) is 10.3. The van der Waals surface area contributed by atoms with Crippen LogP contribution < -0.4 is 20.1 Å². The van der Waals surface area contributed by atoms with Gasteiger partial charge in [-0.25, -0.2) is 0 Å². The Balaban J connectivity index is 1.61. The third-order valence-corrected chi connectivity index (χ3v) is 4.54. The number of anilines is 2. The van der Waals surface area contributed by atoms with Crippen LogP contribution in [0.2, 0.25) is 0 Å². The molecule has 0 radical (unpaired) electrons. The smallest absolute Gasteiger partial charge is 0.256 e. The highest BCUT2D eigenvalue weighted by Crippen LogP contribution is 2.23. The molecule has 1 heterocycles. The van der Waals surface area contributed by atoms with E-state index in [1.165, 1.54) is 6.08 Å². The van der Waals surface area contributed by atoms with Crippen molar-refractivity contribution < 1.29 is 19.1 Å². The number of aromatic nitrogens is 2. The average molecular weight is 420 g/mol. The van der Waals surface area contributed by atoms with Gasteiger partial charge in [0.15, 0.2) is 5.82 Å². The molecule has 0 aliphatic carbocycles. The number of amides is 2. The molecule has 1 aromatic heterocycles. The molecule has 0 spiro atoms. The zero-order chi connectivity index (χ0) is 22.2. The first kappa shape index (κ1) is 21.6. The molecular weight excluding hydrogens is 396 g/mol. The lowest BCUT2D eigenvalue weighted by atomic mass is 10.1. The van der Waals surface area contributed by atoms with Crippen molar-refractivity contribution in [2.24, 2.45) is 0 Å². The Labute approximate surface area is 180 Å². The second kappa shape index (κ2) is 10.1. The largest absolute Gasteiger partial charge is 0.497 e. The molecule has 3 aromatic rings. The molecule has 0 saturated heterocycles. The van der Waals surface area contributed by atoms with Crippen LogP contribution in [0.1, 0.15) is 21.6 Å². The summed E-state index contributed by atoms with van der Waals surface area (Å²) in [4.78, 5) is 24.0. The molecule has 3 rings (SSSR count). The third kappa shape index (κ3) is 5.96. The number of nitrogens with one attached hydrogen (secondary N) is 3. The summed E-state index contributed by atoms with van der Waals surface area (Å²) in [6.45, 7) is 3.41. The van der Waals surface area contributed by atoms with Gasteiger partial charge in [-0.05, 0) is 54.8 Å². The van der Waals surface area contributed by atoms with E-state index in [1.807, 2.05) is 18.2 Å². The van der Waals surface area contributed by atoms with Gasteiger partial charge in [0.05, 0.1) is 14.2 Å². The van der Waals surface area contributed by atoms with Crippen molar-refractivity contribution in [3.8, 4) is 11.5 Å². The Kier molecular flexibility index (Phi) is 7.05. The van der Waals surface area contributed by atoms with Gasteiger partial charge in [0.25, 0.3) is 5.91 Å². The van der Waals surface area contributed by atoms with E-state index in [-0.39, 0.29) is 11.8 Å².